The summed E-state index contributed by atoms with van der Waals surface area (Å²) in [7, 11) is 3.38. The Bertz CT molecular complexity index is 533. The van der Waals surface area contributed by atoms with E-state index in [2.05, 4.69) is 6.07 Å². The molecule has 94 valence electrons. The topological polar surface area (TPSA) is 53.3 Å². The lowest BCUT2D eigenvalue weighted by Crippen LogP contribution is -2.35. The molecule has 1 aromatic rings. The lowest BCUT2D eigenvalue weighted by molar-refractivity contribution is -0.122. The second kappa shape index (κ2) is 4.34. The normalized spacial score (nSPS) is 21.7. The molecule has 1 amide bonds. The summed E-state index contributed by atoms with van der Waals surface area (Å²) in [5.41, 5.74) is 1.24. The zero-order valence-electron chi connectivity index (χ0n) is 10.9. The molecule has 1 aliphatic heterocycles. The van der Waals surface area contributed by atoms with Crippen LogP contribution in [0.15, 0.2) is 18.2 Å². The average molecular weight is 244 g/mol. The van der Waals surface area contributed by atoms with Crippen LogP contribution in [0.2, 0.25) is 0 Å². The average Bonchev–Trinajstić information content (AvgIpc) is 2.59. The monoisotopic (exact) mass is 244 g/mol. The van der Waals surface area contributed by atoms with Crippen molar-refractivity contribution in [2.75, 3.05) is 19.1 Å². The van der Waals surface area contributed by atoms with E-state index in [1.165, 1.54) is 0 Å². The summed E-state index contributed by atoms with van der Waals surface area (Å²) in [5.74, 6) is 0.779. The minimum Gasteiger partial charge on any atom is -0.497 e. The summed E-state index contributed by atoms with van der Waals surface area (Å²) in [5, 5.41) is 8.74. The first-order valence-corrected chi connectivity index (χ1v) is 5.88. The van der Waals surface area contributed by atoms with Crippen LogP contribution in [0.3, 0.4) is 0 Å². The summed E-state index contributed by atoms with van der Waals surface area (Å²) in [4.78, 5) is 14.0. The molecule has 1 unspecified atom stereocenters. The minimum absolute atomic E-state index is 0.0426. The molecular formula is C14H16N2O2. The lowest BCUT2D eigenvalue weighted by atomic mass is 9.80. The number of amides is 1. The molecular weight excluding hydrogens is 228 g/mol. The van der Waals surface area contributed by atoms with Crippen LogP contribution < -0.4 is 9.64 Å². The van der Waals surface area contributed by atoms with E-state index in [0.717, 1.165) is 17.0 Å². The number of anilines is 1. The van der Waals surface area contributed by atoms with E-state index in [0.29, 0.717) is 12.8 Å². The molecule has 0 N–H and O–H groups in total. The molecule has 0 aliphatic carbocycles. The number of benzene rings is 1. The molecule has 0 fully saturated rings. The van der Waals surface area contributed by atoms with Crippen LogP contribution in [0.4, 0.5) is 5.69 Å². The zero-order valence-corrected chi connectivity index (χ0v) is 10.9. The largest absolute Gasteiger partial charge is 0.497 e. The minimum atomic E-state index is -0.617. The van der Waals surface area contributed by atoms with Crippen molar-refractivity contribution in [3.05, 3.63) is 23.8 Å². The van der Waals surface area contributed by atoms with Gasteiger partial charge in [-0.05, 0) is 37.1 Å². The highest BCUT2D eigenvalue weighted by Gasteiger charge is 2.45. The van der Waals surface area contributed by atoms with Crippen molar-refractivity contribution in [2.45, 2.75) is 25.2 Å². The van der Waals surface area contributed by atoms with E-state index in [1.54, 1.807) is 19.1 Å². The van der Waals surface area contributed by atoms with Crippen LogP contribution in [0.5, 0.6) is 5.75 Å². The fraction of sp³-hybridized carbons (Fsp3) is 0.429. The van der Waals surface area contributed by atoms with Crippen molar-refractivity contribution in [3.8, 4) is 11.8 Å². The fourth-order valence-corrected chi connectivity index (χ4v) is 2.52. The molecule has 0 aromatic heterocycles. The van der Waals surface area contributed by atoms with Crippen LogP contribution in [-0.2, 0) is 10.2 Å². The molecule has 4 heteroatoms. The van der Waals surface area contributed by atoms with Gasteiger partial charge in [-0.1, -0.05) is 0 Å². The number of rotatable bonds is 3. The van der Waals surface area contributed by atoms with Crippen molar-refractivity contribution in [2.24, 2.45) is 0 Å². The number of hydrogen-bond donors (Lipinski definition) is 0. The van der Waals surface area contributed by atoms with E-state index in [1.807, 2.05) is 25.1 Å². The van der Waals surface area contributed by atoms with E-state index in [4.69, 9.17) is 10.00 Å². The molecule has 0 spiro atoms. The van der Waals surface area contributed by atoms with Crippen molar-refractivity contribution < 1.29 is 9.53 Å². The summed E-state index contributed by atoms with van der Waals surface area (Å²) in [6, 6.07) is 7.75. The SMILES string of the molecule is COc1ccc2c(c1)C(C)(CCC#N)C(=O)N2C. The molecule has 0 radical (unpaired) electrons. The van der Waals surface area contributed by atoms with Crippen molar-refractivity contribution in [1.82, 2.24) is 0 Å². The van der Waals surface area contributed by atoms with Gasteiger partial charge in [0.2, 0.25) is 5.91 Å². The van der Waals surface area contributed by atoms with Crippen LogP contribution in [0.1, 0.15) is 25.3 Å². The number of nitriles is 1. The van der Waals surface area contributed by atoms with Gasteiger partial charge in [0.05, 0.1) is 18.6 Å². The number of ether oxygens (including phenoxy) is 1. The molecule has 4 nitrogen and oxygen atoms in total. The molecule has 1 aliphatic rings. The standard InChI is InChI=1S/C14H16N2O2/c1-14(7-4-8-15)11-9-10(18-3)5-6-12(11)16(2)13(14)17/h5-6,9H,4,7H2,1-3H3. The molecule has 1 heterocycles. The van der Waals surface area contributed by atoms with Gasteiger partial charge in [-0.2, -0.15) is 5.26 Å². The molecule has 1 aromatic carbocycles. The number of nitrogens with zero attached hydrogens (tertiary/aromatic N) is 2. The smallest absolute Gasteiger partial charge is 0.237 e. The predicted molar refractivity (Wildman–Crippen MR) is 68.6 cm³/mol. The number of fused-ring (bicyclic) bond motifs is 1. The Morgan fingerprint density at radius 1 is 1.50 bits per heavy atom. The fourth-order valence-electron chi connectivity index (χ4n) is 2.52. The number of likely N-dealkylation sites (N-methyl/N-ethyl adjacent to an activating group) is 1. The second-order valence-electron chi connectivity index (χ2n) is 4.74. The molecule has 2 rings (SSSR count). The van der Waals surface area contributed by atoms with Crippen molar-refractivity contribution in [3.63, 3.8) is 0 Å². The van der Waals surface area contributed by atoms with Crippen LogP contribution in [-0.4, -0.2) is 20.1 Å². The van der Waals surface area contributed by atoms with Gasteiger partial charge in [0.15, 0.2) is 0 Å². The van der Waals surface area contributed by atoms with Gasteiger partial charge in [-0.3, -0.25) is 4.79 Å². The van der Waals surface area contributed by atoms with Gasteiger partial charge < -0.3 is 9.64 Å². The van der Waals surface area contributed by atoms with Gasteiger partial charge in [0.25, 0.3) is 0 Å². The van der Waals surface area contributed by atoms with Gasteiger partial charge in [0.1, 0.15) is 5.75 Å². The third kappa shape index (κ3) is 1.63. The molecule has 1 atom stereocenters. The first kappa shape index (κ1) is 12.4. The number of hydrogen-bond acceptors (Lipinski definition) is 3. The van der Waals surface area contributed by atoms with Crippen LogP contribution >= 0.6 is 0 Å². The Labute approximate surface area is 107 Å². The highest BCUT2D eigenvalue weighted by atomic mass is 16.5. The molecule has 18 heavy (non-hydrogen) atoms. The highest BCUT2D eigenvalue weighted by molar-refractivity contribution is 6.07. The molecule has 0 saturated heterocycles. The molecule has 0 saturated carbocycles. The van der Waals surface area contributed by atoms with Gasteiger partial charge >= 0.3 is 0 Å². The molecule has 0 bridgehead atoms. The van der Waals surface area contributed by atoms with Gasteiger partial charge in [-0.15, -0.1) is 0 Å². The van der Waals surface area contributed by atoms with E-state index in [9.17, 15) is 4.79 Å². The van der Waals surface area contributed by atoms with Crippen LogP contribution in [0, 0.1) is 11.3 Å². The number of carbonyl (C=O) groups excluding carboxylic acids is 1. The first-order valence-electron chi connectivity index (χ1n) is 5.88. The van der Waals surface area contributed by atoms with Crippen molar-refractivity contribution >= 4 is 11.6 Å². The van der Waals surface area contributed by atoms with Crippen molar-refractivity contribution in [1.29, 1.82) is 5.26 Å². The maximum absolute atomic E-state index is 12.4. The summed E-state index contributed by atoms with van der Waals surface area (Å²) < 4.78 is 5.21. The second-order valence-corrected chi connectivity index (χ2v) is 4.74. The van der Waals surface area contributed by atoms with Gasteiger partial charge in [-0.25, -0.2) is 0 Å². The Morgan fingerprint density at radius 3 is 2.83 bits per heavy atom. The third-order valence-corrected chi connectivity index (χ3v) is 3.67. The third-order valence-electron chi connectivity index (χ3n) is 3.67. The van der Waals surface area contributed by atoms with E-state index < -0.39 is 5.41 Å². The predicted octanol–water partition coefficient (Wildman–Crippen LogP) is 2.23. The number of carbonyl (C=O) groups is 1. The Kier molecular flexibility index (Phi) is 3.00. The Morgan fingerprint density at radius 2 is 2.22 bits per heavy atom. The van der Waals surface area contributed by atoms with Gasteiger partial charge in [0, 0.05) is 19.2 Å². The first-order chi connectivity index (χ1) is 8.54. The Hall–Kier alpha value is -2.02. The zero-order chi connectivity index (χ0) is 13.3. The Balaban J connectivity index is 2.52. The lowest BCUT2D eigenvalue weighted by Gasteiger charge is -2.21. The quantitative estimate of drug-likeness (QED) is 0.819. The highest BCUT2D eigenvalue weighted by Crippen LogP contribution is 2.45. The van der Waals surface area contributed by atoms with E-state index in [-0.39, 0.29) is 5.91 Å². The maximum atomic E-state index is 12.4. The summed E-state index contributed by atoms with van der Waals surface area (Å²) >= 11 is 0. The van der Waals surface area contributed by atoms with E-state index >= 15 is 0 Å². The number of methoxy groups -OCH3 is 1. The van der Waals surface area contributed by atoms with Crippen LogP contribution in [0.25, 0.3) is 0 Å². The maximum Gasteiger partial charge on any atom is 0.237 e. The summed E-state index contributed by atoms with van der Waals surface area (Å²) in [6.07, 6.45) is 0.902. The summed E-state index contributed by atoms with van der Waals surface area (Å²) in [6.45, 7) is 1.90.